The predicted octanol–water partition coefficient (Wildman–Crippen LogP) is 3.63. The standard InChI is InChI=1S/C15H23BrN2/c1-11(10-15-4-3-9-17-15)18-12(2)13-5-7-14(16)8-6-13/h5-8,11-12,15,17-18H,3-4,9-10H2,1-2H3. The first-order valence-corrected chi connectivity index (χ1v) is 7.69. The molecular weight excluding hydrogens is 288 g/mol. The van der Waals surface area contributed by atoms with Gasteiger partial charge in [0.05, 0.1) is 0 Å². The SMILES string of the molecule is CC(CC1CCCN1)NC(C)c1ccc(Br)cc1. The average molecular weight is 311 g/mol. The van der Waals surface area contributed by atoms with Crippen LogP contribution in [0.15, 0.2) is 28.7 Å². The van der Waals surface area contributed by atoms with E-state index in [1.165, 1.54) is 31.4 Å². The lowest BCUT2D eigenvalue weighted by Gasteiger charge is -2.23. The van der Waals surface area contributed by atoms with Gasteiger partial charge < -0.3 is 10.6 Å². The fraction of sp³-hybridized carbons (Fsp3) is 0.600. The molecule has 0 aromatic heterocycles. The molecule has 0 amide bonds. The highest BCUT2D eigenvalue weighted by molar-refractivity contribution is 9.10. The molecule has 2 rings (SSSR count). The highest BCUT2D eigenvalue weighted by Crippen LogP contribution is 2.18. The van der Waals surface area contributed by atoms with E-state index in [4.69, 9.17) is 0 Å². The van der Waals surface area contributed by atoms with Crippen LogP contribution in [-0.4, -0.2) is 18.6 Å². The van der Waals surface area contributed by atoms with Crippen molar-refractivity contribution in [3.05, 3.63) is 34.3 Å². The molecule has 1 aromatic carbocycles. The van der Waals surface area contributed by atoms with Crippen LogP contribution < -0.4 is 10.6 Å². The first-order chi connectivity index (χ1) is 8.65. The topological polar surface area (TPSA) is 24.1 Å². The van der Waals surface area contributed by atoms with Gasteiger partial charge in [-0.3, -0.25) is 0 Å². The summed E-state index contributed by atoms with van der Waals surface area (Å²) in [6, 6.07) is 10.3. The quantitative estimate of drug-likeness (QED) is 0.868. The third-order valence-electron chi connectivity index (χ3n) is 3.70. The zero-order chi connectivity index (χ0) is 13.0. The number of hydrogen-bond donors (Lipinski definition) is 2. The van der Waals surface area contributed by atoms with Crippen molar-refractivity contribution < 1.29 is 0 Å². The highest BCUT2D eigenvalue weighted by atomic mass is 79.9. The van der Waals surface area contributed by atoms with Crippen LogP contribution in [0, 0.1) is 0 Å². The van der Waals surface area contributed by atoms with Crippen molar-refractivity contribution in [2.24, 2.45) is 0 Å². The Balaban J connectivity index is 1.82. The van der Waals surface area contributed by atoms with Gasteiger partial charge in [0.2, 0.25) is 0 Å². The van der Waals surface area contributed by atoms with E-state index in [1.807, 2.05) is 0 Å². The van der Waals surface area contributed by atoms with Crippen molar-refractivity contribution >= 4 is 15.9 Å². The van der Waals surface area contributed by atoms with E-state index in [0.717, 1.165) is 4.47 Å². The molecule has 0 saturated carbocycles. The normalized spacial score (nSPS) is 22.9. The van der Waals surface area contributed by atoms with E-state index < -0.39 is 0 Å². The van der Waals surface area contributed by atoms with Gasteiger partial charge >= 0.3 is 0 Å². The number of halogens is 1. The maximum atomic E-state index is 3.69. The Hall–Kier alpha value is -0.380. The lowest BCUT2D eigenvalue weighted by Crippen LogP contribution is -2.35. The second-order valence-electron chi connectivity index (χ2n) is 5.37. The van der Waals surface area contributed by atoms with Crippen LogP contribution in [0.1, 0.15) is 44.7 Å². The van der Waals surface area contributed by atoms with E-state index in [0.29, 0.717) is 18.1 Å². The van der Waals surface area contributed by atoms with Crippen molar-refractivity contribution in [1.82, 2.24) is 10.6 Å². The van der Waals surface area contributed by atoms with E-state index >= 15 is 0 Å². The van der Waals surface area contributed by atoms with Crippen LogP contribution in [0.2, 0.25) is 0 Å². The molecule has 2 nitrogen and oxygen atoms in total. The molecule has 0 radical (unpaired) electrons. The molecule has 18 heavy (non-hydrogen) atoms. The van der Waals surface area contributed by atoms with Gasteiger partial charge in [0.1, 0.15) is 0 Å². The van der Waals surface area contributed by atoms with Crippen molar-refractivity contribution in [3.63, 3.8) is 0 Å². The molecule has 1 aromatic rings. The first-order valence-electron chi connectivity index (χ1n) is 6.90. The highest BCUT2D eigenvalue weighted by Gasteiger charge is 2.18. The van der Waals surface area contributed by atoms with Gasteiger partial charge in [0, 0.05) is 22.6 Å². The van der Waals surface area contributed by atoms with E-state index in [1.54, 1.807) is 0 Å². The van der Waals surface area contributed by atoms with Gasteiger partial charge in [-0.15, -0.1) is 0 Å². The predicted molar refractivity (Wildman–Crippen MR) is 80.8 cm³/mol. The van der Waals surface area contributed by atoms with Crippen molar-refractivity contribution in [2.45, 2.75) is 51.2 Å². The molecule has 3 unspecified atom stereocenters. The lowest BCUT2D eigenvalue weighted by atomic mass is 10.0. The minimum absolute atomic E-state index is 0.412. The van der Waals surface area contributed by atoms with Gasteiger partial charge in [0.25, 0.3) is 0 Å². The van der Waals surface area contributed by atoms with Crippen LogP contribution >= 0.6 is 15.9 Å². The maximum Gasteiger partial charge on any atom is 0.0294 e. The molecule has 1 heterocycles. The van der Waals surface area contributed by atoms with Gasteiger partial charge in [-0.1, -0.05) is 28.1 Å². The molecule has 0 spiro atoms. The van der Waals surface area contributed by atoms with Crippen molar-refractivity contribution in [2.75, 3.05) is 6.54 Å². The Morgan fingerprint density at radius 1 is 1.33 bits per heavy atom. The molecule has 1 aliphatic rings. The molecule has 1 aliphatic heterocycles. The minimum Gasteiger partial charge on any atom is -0.314 e. The molecular formula is C15H23BrN2. The Kier molecular flexibility index (Phi) is 5.22. The fourth-order valence-corrected chi connectivity index (χ4v) is 2.99. The first kappa shape index (κ1) is 14.0. The third kappa shape index (κ3) is 4.08. The number of hydrogen-bond acceptors (Lipinski definition) is 2. The Labute approximate surface area is 119 Å². The molecule has 100 valence electrons. The van der Waals surface area contributed by atoms with Crippen LogP contribution in [0.4, 0.5) is 0 Å². The summed E-state index contributed by atoms with van der Waals surface area (Å²) in [4.78, 5) is 0. The largest absolute Gasteiger partial charge is 0.314 e. The van der Waals surface area contributed by atoms with E-state index in [2.05, 4.69) is 64.7 Å². The van der Waals surface area contributed by atoms with Crippen molar-refractivity contribution in [1.29, 1.82) is 0 Å². The molecule has 0 aliphatic carbocycles. The summed E-state index contributed by atoms with van der Waals surface area (Å²) < 4.78 is 1.14. The van der Waals surface area contributed by atoms with Crippen LogP contribution in [0.25, 0.3) is 0 Å². The van der Waals surface area contributed by atoms with Crippen LogP contribution in [0.3, 0.4) is 0 Å². The van der Waals surface area contributed by atoms with Gasteiger partial charge in [-0.25, -0.2) is 0 Å². The minimum atomic E-state index is 0.412. The third-order valence-corrected chi connectivity index (χ3v) is 4.23. The second kappa shape index (κ2) is 6.69. The molecule has 2 N–H and O–H groups in total. The summed E-state index contributed by atoms with van der Waals surface area (Å²) in [7, 11) is 0. The molecule has 3 heteroatoms. The second-order valence-corrected chi connectivity index (χ2v) is 6.29. The van der Waals surface area contributed by atoms with E-state index in [-0.39, 0.29) is 0 Å². The van der Waals surface area contributed by atoms with E-state index in [9.17, 15) is 0 Å². The summed E-state index contributed by atoms with van der Waals surface area (Å²) in [5.74, 6) is 0. The molecule has 0 bridgehead atoms. The van der Waals surface area contributed by atoms with Gasteiger partial charge in [-0.2, -0.15) is 0 Å². The average Bonchev–Trinajstić information content (AvgIpc) is 2.82. The molecule has 3 atom stereocenters. The summed E-state index contributed by atoms with van der Waals surface area (Å²) in [6.07, 6.45) is 3.89. The smallest absolute Gasteiger partial charge is 0.0294 e. The lowest BCUT2D eigenvalue weighted by molar-refractivity contribution is 0.407. The fourth-order valence-electron chi connectivity index (χ4n) is 2.73. The van der Waals surface area contributed by atoms with Crippen molar-refractivity contribution in [3.8, 4) is 0 Å². The number of rotatable bonds is 5. The van der Waals surface area contributed by atoms with Crippen LogP contribution in [0.5, 0.6) is 0 Å². The summed E-state index contributed by atoms with van der Waals surface area (Å²) in [6.45, 7) is 5.72. The Morgan fingerprint density at radius 2 is 2.06 bits per heavy atom. The summed E-state index contributed by atoms with van der Waals surface area (Å²) in [5.41, 5.74) is 1.35. The molecule has 1 fully saturated rings. The monoisotopic (exact) mass is 310 g/mol. The zero-order valence-corrected chi connectivity index (χ0v) is 12.8. The van der Waals surface area contributed by atoms with Crippen LogP contribution in [-0.2, 0) is 0 Å². The maximum absolute atomic E-state index is 3.69. The zero-order valence-electron chi connectivity index (χ0n) is 11.2. The van der Waals surface area contributed by atoms with Gasteiger partial charge in [0.15, 0.2) is 0 Å². The number of nitrogens with one attached hydrogen (secondary N) is 2. The Morgan fingerprint density at radius 3 is 2.67 bits per heavy atom. The summed E-state index contributed by atoms with van der Waals surface area (Å²) in [5, 5.41) is 7.25. The Bertz CT molecular complexity index is 357. The number of benzene rings is 1. The molecule has 1 saturated heterocycles. The van der Waals surface area contributed by atoms with Gasteiger partial charge in [-0.05, 0) is 57.4 Å². The summed E-state index contributed by atoms with van der Waals surface area (Å²) >= 11 is 3.48.